The van der Waals surface area contributed by atoms with Crippen molar-refractivity contribution in [1.82, 2.24) is 0 Å². The molecule has 0 unspecified atom stereocenters. The summed E-state index contributed by atoms with van der Waals surface area (Å²) in [6.45, 7) is 0. The molecule has 0 radical (unpaired) electrons. The van der Waals surface area contributed by atoms with E-state index in [-0.39, 0.29) is 12.1 Å². The van der Waals surface area contributed by atoms with Gasteiger partial charge in [0, 0.05) is 12.1 Å². The van der Waals surface area contributed by atoms with Gasteiger partial charge in [-0.05, 0) is 12.5 Å². The minimum Gasteiger partial charge on any atom is -0.402 e. The van der Waals surface area contributed by atoms with Crippen LogP contribution in [-0.4, -0.2) is 12.0 Å². The summed E-state index contributed by atoms with van der Waals surface area (Å²) >= 11 is 0. The number of nitrogens with two attached hydrogens (primary N) is 1. The second-order valence-electron chi connectivity index (χ2n) is 2.83. The first-order valence-corrected chi connectivity index (χ1v) is 3.45. The van der Waals surface area contributed by atoms with Gasteiger partial charge in [0.25, 0.3) is 0 Å². The topological polar surface area (TPSA) is 43.1 Å². The Balaban J connectivity index is 2.74. The van der Waals surface area contributed by atoms with Gasteiger partial charge in [0.05, 0.1) is 5.92 Å². The Hall–Kier alpha value is -1.00. The number of rotatable bonds is 0. The monoisotopic (exact) mass is 179 g/mol. The van der Waals surface area contributed by atoms with Gasteiger partial charge in [-0.3, -0.25) is 4.79 Å². The first-order chi connectivity index (χ1) is 5.39. The van der Waals surface area contributed by atoms with Crippen molar-refractivity contribution in [1.29, 1.82) is 0 Å². The first-order valence-electron chi connectivity index (χ1n) is 3.45. The predicted molar refractivity (Wildman–Crippen MR) is 36.1 cm³/mol. The molecule has 0 spiro atoms. The maximum Gasteiger partial charge on any atom is 0.392 e. The summed E-state index contributed by atoms with van der Waals surface area (Å²) in [7, 11) is 0. The van der Waals surface area contributed by atoms with E-state index in [0.29, 0.717) is 0 Å². The van der Waals surface area contributed by atoms with Crippen LogP contribution in [0.2, 0.25) is 0 Å². The highest BCUT2D eigenvalue weighted by Gasteiger charge is 2.42. The molecule has 0 aromatic rings. The highest BCUT2D eigenvalue weighted by atomic mass is 19.4. The van der Waals surface area contributed by atoms with E-state index in [1.165, 1.54) is 0 Å². The number of hydrogen-bond acceptors (Lipinski definition) is 2. The Morgan fingerprint density at radius 2 is 2.00 bits per heavy atom. The molecule has 1 aliphatic rings. The highest BCUT2D eigenvalue weighted by Crippen LogP contribution is 2.35. The van der Waals surface area contributed by atoms with E-state index in [2.05, 4.69) is 0 Å². The molecule has 2 nitrogen and oxygen atoms in total. The second-order valence-corrected chi connectivity index (χ2v) is 2.83. The number of allylic oxidation sites excluding steroid dienone is 2. The average Bonchev–Trinajstić information content (AvgIpc) is 1.82. The Kier molecular flexibility index (Phi) is 2.12. The van der Waals surface area contributed by atoms with Gasteiger partial charge < -0.3 is 5.73 Å². The molecule has 0 heterocycles. The van der Waals surface area contributed by atoms with Crippen LogP contribution in [0.3, 0.4) is 0 Å². The number of alkyl halides is 3. The van der Waals surface area contributed by atoms with Crippen LogP contribution in [0, 0.1) is 5.92 Å². The normalized spacial score (nSPS) is 25.4. The van der Waals surface area contributed by atoms with Gasteiger partial charge in [-0.1, -0.05) is 0 Å². The SMILES string of the molecule is NC1=CC(=O)C[C@@H](C(F)(F)F)C1. The van der Waals surface area contributed by atoms with Gasteiger partial charge in [0.15, 0.2) is 5.78 Å². The third-order valence-electron chi connectivity index (χ3n) is 1.74. The largest absolute Gasteiger partial charge is 0.402 e. The number of ketones is 1. The quantitative estimate of drug-likeness (QED) is 0.610. The van der Waals surface area contributed by atoms with Crippen LogP contribution < -0.4 is 5.73 Å². The van der Waals surface area contributed by atoms with Crippen molar-refractivity contribution in [3.05, 3.63) is 11.8 Å². The zero-order chi connectivity index (χ0) is 9.35. The number of hydrogen-bond donors (Lipinski definition) is 1. The van der Waals surface area contributed by atoms with E-state index in [4.69, 9.17) is 5.73 Å². The second kappa shape index (κ2) is 2.80. The summed E-state index contributed by atoms with van der Waals surface area (Å²) in [5.41, 5.74) is 5.17. The lowest BCUT2D eigenvalue weighted by Gasteiger charge is -2.22. The van der Waals surface area contributed by atoms with E-state index in [1.807, 2.05) is 0 Å². The number of carbonyl (C=O) groups excluding carboxylic acids is 1. The van der Waals surface area contributed by atoms with E-state index in [0.717, 1.165) is 6.08 Å². The molecular weight excluding hydrogens is 171 g/mol. The van der Waals surface area contributed by atoms with Crippen LogP contribution in [0.1, 0.15) is 12.8 Å². The zero-order valence-electron chi connectivity index (χ0n) is 6.19. The number of carbonyl (C=O) groups is 1. The maximum atomic E-state index is 12.1. The standard InChI is InChI=1S/C7H8F3NO/c8-7(9,10)4-1-5(11)3-6(12)2-4/h3-4H,1-2,11H2/t4-/m0/s1. The van der Waals surface area contributed by atoms with E-state index in [1.54, 1.807) is 0 Å². The van der Waals surface area contributed by atoms with Gasteiger partial charge >= 0.3 is 6.18 Å². The van der Waals surface area contributed by atoms with Crippen molar-refractivity contribution in [3.8, 4) is 0 Å². The Morgan fingerprint density at radius 1 is 1.42 bits per heavy atom. The molecule has 0 aromatic carbocycles. The Morgan fingerprint density at radius 3 is 2.42 bits per heavy atom. The van der Waals surface area contributed by atoms with Crippen LogP contribution in [-0.2, 0) is 4.79 Å². The minimum atomic E-state index is -4.31. The molecule has 5 heteroatoms. The minimum absolute atomic E-state index is 0.0218. The van der Waals surface area contributed by atoms with Crippen molar-refractivity contribution < 1.29 is 18.0 Å². The summed E-state index contributed by atoms with van der Waals surface area (Å²) < 4.78 is 36.2. The summed E-state index contributed by atoms with van der Waals surface area (Å²) in [6.07, 6.45) is -3.96. The van der Waals surface area contributed by atoms with Crippen molar-refractivity contribution in [2.75, 3.05) is 0 Å². The molecule has 0 saturated carbocycles. The molecule has 0 aromatic heterocycles. The lowest BCUT2D eigenvalue weighted by molar-refractivity contribution is -0.178. The molecule has 68 valence electrons. The fraction of sp³-hybridized carbons (Fsp3) is 0.571. The van der Waals surface area contributed by atoms with Crippen LogP contribution in [0.25, 0.3) is 0 Å². The van der Waals surface area contributed by atoms with Gasteiger partial charge in [-0.15, -0.1) is 0 Å². The lowest BCUT2D eigenvalue weighted by Crippen LogP contribution is -2.30. The fourth-order valence-electron chi connectivity index (χ4n) is 1.16. The summed E-state index contributed by atoms with van der Waals surface area (Å²) in [5.74, 6) is -2.13. The van der Waals surface area contributed by atoms with Crippen molar-refractivity contribution in [3.63, 3.8) is 0 Å². The van der Waals surface area contributed by atoms with Crippen LogP contribution in [0.5, 0.6) is 0 Å². The van der Waals surface area contributed by atoms with Crippen LogP contribution in [0.4, 0.5) is 13.2 Å². The lowest BCUT2D eigenvalue weighted by atomic mass is 9.91. The molecule has 0 fully saturated rings. The first kappa shape index (κ1) is 9.09. The molecule has 0 amide bonds. The zero-order valence-corrected chi connectivity index (χ0v) is 6.19. The third kappa shape index (κ3) is 1.99. The predicted octanol–water partition coefficient (Wildman–Crippen LogP) is 1.37. The van der Waals surface area contributed by atoms with Crippen LogP contribution >= 0.6 is 0 Å². The summed E-state index contributed by atoms with van der Waals surface area (Å²) in [6, 6.07) is 0. The Labute approximate surface area is 67.2 Å². The molecule has 1 atom stereocenters. The third-order valence-corrected chi connectivity index (χ3v) is 1.74. The van der Waals surface area contributed by atoms with E-state index in [9.17, 15) is 18.0 Å². The Bertz CT molecular complexity index is 231. The summed E-state index contributed by atoms with van der Waals surface area (Å²) in [4.78, 5) is 10.7. The molecule has 12 heavy (non-hydrogen) atoms. The maximum absolute atomic E-state index is 12.1. The summed E-state index contributed by atoms with van der Waals surface area (Å²) in [5, 5.41) is 0. The van der Waals surface area contributed by atoms with E-state index >= 15 is 0 Å². The molecule has 2 N–H and O–H groups in total. The van der Waals surface area contributed by atoms with Gasteiger partial charge in [0.1, 0.15) is 0 Å². The van der Waals surface area contributed by atoms with E-state index < -0.39 is 24.3 Å². The van der Waals surface area contributed by atoms with Gasteiger partial charge in [-0.25, -0.2) is 0 Å². The molecule has 0 aliphatic heterocycles. The van der Waals surface area contributed by atoms with Crippen LogP contribution in [0.15, 0.2) is 11.8 Å². The number of halogens is 3. The fourth-order valence-corrected chi connectivity index (χ4v) is 1.16. The molecule has 1 aliphatic carbocycles. The molecule has 0 bridgehead atoms. The molecular formula is C7H8F3NO. The smallest absolute Gasteiger partial charge is 0.392 e. The van der Waals surface area contributed by atoms with Gasteiger partial charge in [0.2, 0.25) is 0 Å². The highest BCUT2D eigenvalue weighted by molar-refractivity contribution is 5.91. The molecule has 0 saturated heterocycles. The van der Waals surface area contributed by atoms with Gasteiger partial charge in [-0.2, -0.15) is 13.2 Å². The molecule has 1 rings (SSSR count). The van der Waals surface area contributed by atoms with Crippen molar-refractivity contribution in [2.24, 2.45) is 11.7 Å². The average molecular weight is 179 g/mol. The van der Waals surface area contributed by atoms with Crippen molar-refractivity contribution in [2.45, 2.75) is 19.0 Å². The van der Waals surface area contributed by atoms with Crippen molar-refractivity contribution >= 4 is 5.78 Å².